The molecular formula is C39H71NO8. The van der Waals surface area contributed by atoms with Gasteiger partial charge >= 0.3 is 0 Å². The maximum atomic E-state index is 12.8. The van der Waals surface area contributed by atoms with Gasteiger partial charge in [-0.1, -0.05) is 140 Å². The second kappa shape index (κ2) is 29.2. The van der Waals surface area contributed by atoms with Crippen LogP contribution in [-0.4, -0.2) is 87.5 Å². The topological polar surface area (TPSA) is 149 Å². The Morgan fingerprint density at radius 3 is 1.96 bits per heavy atom. The predicted molar refractivity (Wildman–Crippen MR) is 193 cm³/mol. The number of ether oxygens (including phenoxy) is 2. The van der Waals surface area contributed by atoms with Crippen molar-refractivity contribution in [1.82, 2.24) is 5.32 Å². The van der Waals surface area contributed by atoms with Crippen LogP contribution in [0.15, 0.2) is 36.0 Å². The molecule has 0 bridgehead atoms. The molecule has 0 aliphatic carbocycles. The minimum Gasteiger partial charge on any atom is -0.394 e. The molecule has 0 aromatic carbocycles. The van der Waals surface area contributed by atoms with Crippen molar-refractivity contribution < 1.29 is 39.8 Å². The molecule has 0 radical (unpaired) electrons. The first kappa shape index (κ1) is 44.4. The van der Waals surface area contributed by atoms with Crippen LogP contribution in [0.2, 0.25) is 0 Å². The summed E-state index contributed by atoms with van der Waals surface area (Å²) >= 11 is 0. The zero-order chi connectivity index (χ0) is 35.4. The lowest BCUT2D eigenvalue weighted by Crippen LogP contribution is -2.60. The van der Waals surface area contributed by atoms with E-state index in [-0.39, 0.29) is 12.5 Å². The van der Waals surface area contributed by atoms with E-state index in [9.17, 15) is 30.3 Å². The highest BCUT2D eigenvalue weighted by Gasteiger charge is 2.44. The van der Waals surface area contributed by atoms with E-state index < -0.39 is 49.5 Å². The minimum atomic E-state index is -1.57. The van der Waals surface area contributed by atoms with Crippen molar-refractivity contribution in [2.75, 3.05) is 13.2 Å². The van der Waals surface area contributed by atoms with Gasteiger partial charge in [-0.15, -0.1) is 0 Å². The van der Waals surface area contributed by atoms with E-state index in [0.717, 1.165) is 32.1 Å². The Hall–Kier alpha value is -1.59. The second-order valence-electron chi connectivity index (χ2n) is 13.5. The van der Waals surface area contributed by atoms with Crippen molar-refractivity contribution in [3.63, 3.8) is 0 Å². The summed E-state index contributed by atoms with van der Waals surface area (Å²) in [5.74, 6) is -0.198. The largest absolute Gasteiger partial charge is 0.394 e. The summed E-state index contributed by atoms with van der Waals surface area (Å²) in [6.45, 7) is 5.77. The number of hydrogen-bond acceptors (Lipinski definition) is 8. The van der Waals surface area contributed by atoms with Gasteiger partial charge in [0.05, 0.1) is 25.4 Å². The fourth-order valence-corrected chi connectivity index (χ4v) is 5.84. The molecule has 6 N–H and O–H groups in total. The number of aliphatic hydroxyl groups is 5. The van der Waals surface area contributed by atoms with Gasteiger partial charge in [0.2, 0.25) is 5.91 Å². The summed E-state index contributed by atoms with van der Waals surface area (Å²) in [7, 11) is 0. The molecule has 0 aromatic rings. The Morgan fingerprint density at radius 1 is 0.771 bits per heavy atom. The van der Waals surface area contributed by atoms with Gasteiger partial charge in [0.25, 0.3) is 0 Å². The van der Waals surface area contributed by atoms with E-state index >= 15 is 0 Å². The van der Waals surface area contributed by atoms with Gasteiger partial charge in [-0.25, -0.2) is 0 Å². The Kier molecular flexibility index (Phi) is 27.0. The third-order valence-electron chi connectivity index (χ3n) is 9.04. The summed E-state index contributed by atoms with van der Waals surface area (Å²) in [5.41, 5.74) is 1.21. The smallest absolute Gasteiger partial charge is 0.220 e. The van der Waals surface area contributed by atoms with E-state index in [4.69, 9.17) is 9.47 Å². The molecule has 0 unspecified atom stereocenters. The molecule has 0 spiro atoms. The Morgan fingerprint density at radius 2 is 1.35 bits per heavy atom. The summed E-state index contributed by atoms with van der Waals surface area (Å²) in [6, 6.07) is -0.827. The molecule has 1 amide bonds. The Balaban J connectivity index is 2.59. The lowest BCUT2D eigenvalue weighted by Gasteiger charge is -2.40. The molecule has 48 heavy (non-hydrogen) atoms. The Bertz CT molecular complexity index is 876. The van der Waals surface area contributed by atoms with E-state index in [1.54, 1.807) is 6.08 Å². The third kappa shape index (κ3) is 20.8. The van der Waals surface area contributed by atoms with Gasteiger partial charge in [-0.3, -0.25) is 4.79 Å². The van der Waals surface area contributed by atoms with Crippen LogP contribution < -0.4 is 5.32 Å². The van der Waals surface area contributed by atoms with Gasteiger partial charge in [-0.2, -0.15) is 0 Å². The Labute approximate surface area is 291 Å². The fourth-order valence-electron chi connectivity index (χ4n) is 5.84. The molecule has 1 fully saturated rings. The maximum Gasteiger partial charge on any atom is 0.220 e. The zero-order valence-corrected chi connectivity index (χ0v) is 30.4. The standard InChI is InChI=1S/C39H71NO8/c1-4-6-8-10-12-13-14-15-17-19-24-28-35(43)40-32(30-47-39-38(46)37(45)36(44)34(29-41)48-39)33(42)27-23-20-22-26-31(3)25-21-18-16-11-9-7-5-2/h21,23,25-27,32-34,36-39,41-42,44-46H,4-20,22,24,28-30H2,1-3H3,(H,40,43)/b25-21+,27-23+,31-26+/t32-,33+,34+,36+,37-,38+,39-/m0/s1. The van der Waals surface area contributed by atoms with Gasteiger partial charge in [0.15, 0.2) is 6.29 Å². The molecule has 0 aromatic heterocycles. The SMILES string of the molecule is CCCCCCC/C=C/C(C)=C/CC/C=C/[C@@H](O)[C@H](CO[C@H]1O[C@H](CO)[C@@H](O)[C@H](O)[C@H]1O)NC(=O)CCCCCCCCCCCCC. The molecule has 1 aliphatic heterocycles. The molecule has 1 heterocycles. The van der Waals surface area contributed by atoms with Crippen molar-refractivity contribution in [2.24, 2.45) is 0 Å². The van der Waals surface area contributed by atoms with Crippen molar-refractivity contribution in [3.8, 4) is 0 Å². The van der Waals surface area contributed by atoms with Gasteiger partial charge in [-0.05, 0) is 39.0 Å². The molecule has 1 rings (SSSR count). The first-order chi connectivity index (χ1) is 23.2. The summed E-state index contributed by atoms with van der Waals surface area (Å²) in [4.78, 5) is 12.8. The van der Waals surface area contributed by atoms with Gasteiger partial charge < -0.3 is 40.3 Å². The van der Waals surface area contributed by atoms with Crippen LogP contribution in [0.1, 0.15) is 149 Å². The number of carbonyl (C=O) groups is 1. The van der Waals surface area contributed by atoms with Crippen molar-refractivity contribution in [2.45, 2.75) is 192 Å². The normalized spacial score (nSPS) is 23.2. The molecule has 7 atom stereocenters. The number of hydrogen-bond donors (Lipinski definition) is 6. The number of aliphatic hydroxyl groups excluding tert-OH is 5. The van der Waals surface area contributed by atoms with Crippen LogP contribution >= 0.6 is 0 Å². The van der Waals surface area contributed by atoms with Gasteiger partial charge in [0.1, 0.15) is 24.4 Å². The quantitative estimate of drug-likeness (QED) is 0.0296. The first-order valence-electron chi connectivity index (χ1n) is 19.1. The van der Waals surface area contributed by atoms with Gasteiger partial charge in [0, 0.05) is 6.42 Å². The van der Waals surface area contributed by atoms with E-state index in [2.05, 4.69) is 44.3 Å². The fraction of sp³-hybridized carbons (Fsp3) is 0.821. The summed E-state index contributed by atoms with van der Waals surface area (Å²) < 4.78 is 11.1. The number of allylic oxidation sites excluding steroid dienone is 5. The van der Waals surface area contributed by atoms with Crippen LogP contribution in [0.4, 0.5) is 0 Å². The molecular weight excluding hydrogens is 610 g/mol. The van der Waals surface area contributed by atoms with E-state index in [1.165, 1.54) is 89.0 Å². The number of nitrogens with one attached hydrogen (secondary N) is 1. The van der Waals surface area contributed by atoms with Crippen LogP contribution in [-0.2, 0) is 14.3 Å². The molecule has 9 nitrogen and oxygen atoms in total. The average Bonchev–Trinajstić information content (AvgIpc) is 3.08. The van der Waals surface area contributed by atoms with Crippen LogP contribution in [0.5, 0.6) is 0 Å². The molecule has 1 saturated heterocycles. The molecule has 1 aliphatic rings. The van der Waals surface area contributed by atoms with Crippen molar-refractivity contribution >= 4 is 5.91 Å². The second-order valence-corrected chi connectivity index (χ2v) is 13.5. The summed E-state index contributed by atoms with van der Waals surface area (Å²) in [5, 5.41) is 53.9. The van der Waals surface area contributed by atoms with Crippen LogP contribution in [0, 0.1) is 0 Å². The number of unbranched alkanes of at least 4 members (excludes halogenated alkanes) is 16. The zero-order valence-electron chi connectivity index (χ0n) is 30.4. The lowest BCUT2D eigenvalue weighted by atomic mass is 9.99. The molecule has 280 valence electrons. The third-order valence-corrected chi connectivity index (χ3v) is 9.04. The number of carbonyl (C=O) groups excluding carboxylic acids is 1. The maximum absolute atomic E-state index is 12.8. The first-order valence-corrected chi connectivity index (χ1v) is 19.1. The predicted octanol–water partition coefficient (Wildman–Crippen LogP) is 6.55. The minimum absolute atomic E-state index is 0.198. The highest BCUT2D eigenvalue weighted by molar-refractivity contribution is 5.76. The number of amides is 1. The molecule has 0 saturated carbocycles. The van der Waals surface area contributed by atoms with Crippen molar-refractivity contribution in [3.05, 3.63) is 36.0 Å². The highest BCUT2D eigenvalue weighted by atomic mass is 16.7. The monoisotopic (exact) mass is 682 g/mol. The highest BCUT2D eigenvalue weighted by Crippen LogP contribution is 2.22. The van der Waals surface area contributed by atoms with E-state index in [1.807, 2.05) is 6.08 Å². The summed E-state index contributed by atoms with van der Waals surface area (Å²) in [6.07, 6.45) is 24.3. The van der Waals surface area contributed by atoms with E-state index in [0.29, 0.717) is 12.8 Å². The lowest BCUT2D eigenvalue weighted by molar-refractivity contribution is -0.302. The average molecular weight is 682 g/mol. The van der Waals surface area contributed by atoms with Crippen molar-refractivity contribution in [1.29, 1.82) is 0 Å². The number of rotatable bonds is 29. The van der Waals surface area contributed by atoms with Crippen LogP contribution in [0.3, 0.4) is 0 Å². The molecule has 9 heteroatoms. The van der Waals surface area contributed by atoms with Crippen LogP contribution in [0.25, 0.3) is 0 Å².